The molecule has 0 heterocycles. The fourth-order valence-corrected chi connectivity index (χ4v) is 2.64. The first-order chi connectivity index (χ1) is 8.77. The maximum atomic E-state index is 12.4. The van der Waals surface area contributed by atoms with Crippen molar-refractivity contribution in [2.24, 2.45) is 5.92 Å². The highest BCUT2D eigenvalue weighted by atomic mass is 16.2. The topological polar surface area (TPSA) is 20.3 Å². The summed E-state index contributed by atoms with van der Waals surface area (Å²) >= 11 is 0. The third-order valence-electron chi connectivity index (χ3n) is 3.63. The van der Waals surface area contributed by atoms with Gasteiger partial charge in [0.2, 0.25) is 5.91 Å². The summed E-state index contributed by atoms with van der Waals surface area (Å²) in [7, 11) is 0. The van der Waals surface area contributed by atoms with Crippen LogP contribution < -0.4 is 0 Å². The van der Waals surface area contributed by atoms with Gasteiger partial charge < -0.3 is 4.90 Å². The van der Waals surface area contributed by atoms with Crippen LogP contribution in [0.1, 0.15) is 44.6 Å². The van der Waals surface area contributed by atoms with E-state index in [1.54, 1.807) is 0 Å². The van der Waals surface area contributed by atoms with Crippen LogP contribution in [0.25, 0.3) is 0 Å². The van der Waals surface area contributed by atoms with Crippen LogP contribution in [0.15, 0.2) is 30.3 Å². The predicted octanol–water partition coefficient (Wildman–Crippen LogP) is 3.44. The van der Waals surface area contributed by atoms with Gasteiger partial charge in [-0.05, 0) is 30.7 Å². The summed E-state index contributed by atoms with van der Waals surface area (Å²) in [6.45, 7) is 6.09. The van der Waals surface area contributed by atoms with Gasteiger partial charge in [-0.2, -0.15) is 0 Å². The predicted molar refractivity (Wildman–Crippen MR) is 74.5 cm³/mol. The van der Waals surface area contributed by atoms with Gasteiger partial charge in [0.05, 0.1) is 0 Å². The molecule has 1 fully saturated rings. The molecular formula is C16H23NO. The molecule has 1 aliphatic carbocycles. The average Bonchev–Trinajstić information content (AvgIpc) is 3.19. The minimum Gasteiger partial charge on any atom is -0.342 e. The Morgan fingerprint density at radius 1 is 1.17 bits per heavy atom. The summed E-state index contributed by atoms with van der Waals surface area (Å²) in [6, 6.07) is 10.4. The molecule has 1 aromatic rings. The van der Waals surface area contributed by atoms with Crippen LogP contribution in [0.2, 0.25) is 0 Å². The van der Waals surface area contributed by atoms with Crippen molar-refractivity contribution < 1.29 is 4.79 Å². The fraction of sp³-hybridized carbons (Fsp3) is 0.562. The summed E-state index contributed by atoms with van der Waals surface area (Å²) in [5.41, 5.74) is 1.32. The van der Waals surface area contributed by atoms with E-state index >= 15 is 0 Å². The van der Waals surface area contributed by atoms with Gasteiger partial charge in [0.25, 0.3) is 0 Å². The van der Waals surface area contributed by atoms with E-state index in [9.17, 15) is 4.79 Å². The largest absolute Gasteiger partial charge is 0.342 e. The van der Waals surface area contributed by atoms with E-state index in [4.69, 9.17) is 0 Å². The molecule has 0 N–H and O–H groups in total. The minimum atomic E-state index is 0.241. The number of hydrogen-bond acceptors (Lipinski definition) is 1. The average molecular weight is 245 g/mol. The second kappa shape index (κ2) is 6.03. The lowest BCUT2D eigenvalue weighted by Crippen LogP contribution is -2.34. The van der Waals surface area contributed by atoms with E-state index in [-0.39, 0.29) is 5.92 Å². The van der Waals surface area contributed by atoms with Gasteiger partial charge in [-0.15, -0.1) is 0 Å². The number of nitrogens with zero attached hydrogens (tertiary/aromatic N) is 1. The van der Waals surface area contributed by atoms with E-state index in [1.807, 2.05) is 11.0 Å². The number of benzene rings is 1. The molecule has 2 atom stereocenters. The Bertz CT molecular complexity index is 381. The molecule has 98 valence electrons. The number of amides is 1. The number of rotatable bonds is 6. The molecule has 1 amide bonds. The van der Waals surface area contributed by atoms with Gasteiger partial charge in [-0.3, -0.25) is 4.79 Å². The maximum absolute atomic E-state index is 12.4. The lowest BCUT2D eigenvalue weighted by Gasteiger charge is -2.21. The van der Waals surface area contributed by atoms with Crippen molar-refractivity contribution in [3.05, 3.63) is 35.9 Å². The zero-order valence-electron chi connectivity index (χ0n) is 11.4. The minimum absolute atomic E-state index is 0.241. The normalized spacial score (nSPS) is 21.7. The Balaban J connectivity index is 1.95. The van der Waals surface area contributed by atoms with Crippen LogP contribution in [0.4, 0.5) is 0 Å². The summed E-state index contributed by atoms with van der Waals surface area (Å²) in [4.78, 5) is 14.4. The molecule has 0 radical (unpaired) electrons. The molecule has 0 aromatic heterocycles. The van der Waals surface area contributed by atoms with Gasteiger partial charge in [0.15, 0.2) is 0 Å². The molecule has 1 aromatic carbocycles. The van der Waals surface area contributed by atoms with Gasteiger partial charge in [0.1, 0.15) is 0 Å². The van der Waals surface area contributed by atoms with Crippen LogP contribution in [-0.4, -0.2) is 23.9 Å². The van der Waals surface area contributed by atoms with Crippen molar-refractivity contribution in [3.8, 4) is 0 Å². The van der Waals surface area contributed by atoms with Crippen molar-refractivity contribution >= 4 is 5.91 Å². The second-order valence-corrected chi connectivity index (χ2v) is 5.18. The molecule has 0 unspecified atom stereocenters. The molecule has 0 saturated heterocycles. The van der Waals surface area contributed by atoms with Gasteiger partial charge >= 0.3 is 0 Å². The Labute approximate surface area is 110 Å². The first-order valence-electron chi connectivity index (χ1n) is 7.11. The van der Waals surface area contributed by atoms with Crippen LogP contribution in [0, 0.1) is 5.92 Å². The fourth-order valence-electron chi connectivity index (χ4n) is 2.64. The highest BCUT2D eigenvalue weighted by molar-refractivity contribution is 5.83. The lowest BCUT2D eigenvalue weighted by atomic mass is 10.1. The monoisotopic (exact) mass is 245 g/mol. The second-order valence-electron chi connectivity index (χ2n) is 5.18. The first-order valence-corrected chi connectivity index (χ1v) is 7.11. The third kappa shape index (κ3) is 2.92. The Morgan fingerprint density at radius 2 is 1.78 bits per heavy atom. The molecule has 2 heteroatoms. The molecule has 2 nitrogen and oxygen atoms in total. The molecule has 0 bridgehead atoms. The first kappa shape index (κ1) is 13.1. The Morgan fingerprint density at radius 3 is 2.33 bits per heavy atom. The van der Waals surface area contributed by atoms with Crippen LogP contribution in [-0.2, 0) is 4.79 Å². The third-order valence-corrected chi connectivity index (χ3v) is 3.63. The Hall–Kier alpha value is -1.31. The SMILES string of the molecule is CCCN(CCC)C(=O)[C@@H]1C[C@H]1c1ccccc1. The quantitative estimate of drug-likeness (QED) is 0.752. The van der Waals surface area contributed by atoms with E-state index in [2.05, 4.69) is 38.1 Å². The zero-order valence-corrected chi connectivity index (χ0v) is 11.4. The van der Waals surface area contributed by atoms with Gasteiger partial charge in [-0.25, -0.2) is 0 Å². The molecule has 0 spiro atoms. The van der Waals surface area contributed by atoms with E-state index in [1.165, 1.54) is 5.56 Å². The van der Waals surface area contributed by atoms with Crippen LogP contribution in [0.3, 0.4) is 0 Å². The van der Waals surface area contributed by atoms with Crippen molar-refractivity contribution in [1.29, 1.82) is 0 Å². The van der Waals surface area contributed by atoms with Gasteiger partial charge in [0, 0.05) is 19.0 Å². The van der Waals surface area contributed by atoms with Crippen molar-refractivity contribution in [2.75, 3.05) is 13.1 Å². The van der Waals surface area contributed by atoms with Crippen molar-refractivity contribution in [2.45, 2.75) is 39.0 Å². The highest BCUT2D eigenvalue weighted by Gasteiger charge is 2.45. The van der Waals surface area contributed by atoms with Crippen LogP contribution in [0.5, 0.6) is 0 Å². The highest BCUT2D eigenvalue weighted by Crippen LogP contribution is 2.48. The molecular weight excluding hydrogens is 222 g/mol. The van der Waals surface area contributed by atoms with Crippen LogP contribution >= 0.6 is 0 Å². The summed E-state index contributed by atoms with van der Waals surface area (Å²) < 4.78 is 0. The van der Waals surface area contributed by atoms with E-state index in [0.29, 0.717) is 11.8 Å². The summed E-state index contributed by atoms with van der Waals surface area (Å²) in [5.74, 6) is 1.08. The molecule has 2 rings (SSSR count). The van der Waals surface area contributed by atoms with Crippen molar-refractivity contribution in [3.63, 3.8) is 0 Å². The smallest absolute Gasteiger partial charge is 0.226 e. The number of hydrogen-bond donors (Lipinski definition) is 0. The number of carbonyl (C=O) groups excluding carboxylic acids is 1. The van der Waals surface area contributed by atoms with E-state index < -0.39 is 0 Å². The molecule has 1 aliphatic rings. The van der Waals surface area contributed by atoms with E-state index in [0.717, 1.165) is 32.4 Å². The standard InChI is InChI=1S/C16H23NO/c1-3-10-17(11-4-2)16(18)15-12-14(15)13-8-6-5-7-9-13/h5-9,14-15H,3-4,10-12H2,1-2H3/t14-,15+/m0/s1. The maximum Gasteiger partial charge on any atom is 0.226 e. The molecule has 18 heavy (non-hydrogen) atoms. The van der Waals surface area contributed by atoms with Crippen molar-refractivity contribution in [1.82, 2.24) is 4.90 Å². The summed E-state index contributed by atoms with van der Waals surface area (Å²) in [6.07, 6.45) is 3.13. The number of carbonyl (C=O) groups is 1. The molecule has 1 saturated carbocycles. The van der Waals surface area contributed by atoms with Gasteiger partial charge in [-0.1, -0.05) is 44.2 Å². The summed E-state index contributed by atoms with van der Waals surface area (Å²) in [5, 5.41) is 0. The lowest BCUT2D eigenvalue weighted by molar-refractivity contribution is -0.132. The Kier molecular flexibility index (Phi) is 4.40. The molecule has 0 aliphatic heterocycles. The zero-order chi connectivity index (χ0) is 13.0.